The maximum absolute atomic E-state index is 4.15. The van der Waals surface area contributed by atoms with Crippen LogP contribution in [-0.4, -0.2) is 12.8 Å². The van der Waals surface area contributed by atoms with Crippen LogP contribution in [0.3, 0.4) is 0 Å². The molecular formula is C11H13N. The summed E-state index contributed by atoms with van der Waals surface area (Å²) in [5, 5.41) is 0. The Balaban J connectivity index is 2.80. The zero-order chi connectivity index (χ0) is 8.81. The SMILES string of the molecule is C=C1C=C/C(C)=C\CN=C/C=C\1. The van der Waals surface area contributed by atoms with Crippen LogP contribution >= 0.6 is 0 Å². The van der Waals surface area contributed by atoms with E-state index < -0.39 is 0 Å². The van der Waals surface area contributed by atoms with Crippen molar-refractivity contribution in [3.8, 4) is 0 Å². The number of nitrogens with zero attached hydrogens (tertiary/aromatic N) is 1. The predicted molar refractivity (Wildman–Crippen MR) is 54.5 cm³/mol. The van der Waals surface area contributed by atoms with Gasteiger partial charge in [0.2, 0.25) is 0 Å². The van der Waals surface area contributed by atoms with Crippen LogP contribution < -0.4 is 0 Å². The van der Waals surface area contributed by atoms with Gasteiger partial charge in [-0.3, -0.25) is 4.99 Å². The molecule has 0 saturated heterocycles. The molecule has 0 N–H and O–H groups in total. The minimum Gasteiger partial charge on any atom is -0.289 e. The van der Waals surface area contributed by atoms with Crippen molar-refractivity contribution in [2.45, 2.75) is 6.92 Å². The van der Waals surface area contributed by atoms with Gasteiger partial charge in [0, 0.05) is 6.21 Å². The first-order valence-corrected chi connectivity index (χ1v) is 3.99. The Hall–Kier alpha value is -1.37. The zero-order valence-electron chi connectivity index (χ0n) is 7.33. The van der Waals surface area contributed by atoms with E-state index in [1.54, 1.807) is 6.21 Å². The molecule has 0 aromatic heterocycles. The molecule has 0 radical (unpaired) electrons. The maximum atomic E-state index is 4.15. The van der Waals surface area contributed by atoms with Crippen LogP contribution in [0.15, 0.2) is 53.1 Å². The van der Waals surface area contributed by atoms with Crippen LogP contribution in [0.5, 0.6) is 0 Å². The normalized spacial score (nSPS) is 24.8. The van der Waals surface area contributed by atoms with Gasteiger partial charge in [-0.05, 0) is 18.6 Å². The highest BCUT2D eigenvalue weighted by Gasteiger charge is 1.84. The summed E-state index contributed by atoms with van der Waals surface area (Å²) >= 11 is 0. The number of hydrogen-bond donors (Lipinski definition) is 0. The number of rotatable bonds is 0. The first kappa shape index (κ1) is 8.72. The van der Waals surface area contributed by atoms with Crippen molar-refractivity contribution in [2.75, 3.05) is 6.54 Å². The van der Waals surface area contributed by atoms with Gasteiger partial charge in [-0.1, -0.05) is 36.5 Å². The Bertz CT molecular complexity index is 273. The Morgan fingerprint density at radius 1 is 1.33 bits per heavy atom. The van der Waals surface area contributed by atoms with Gasteiger partial charge >= 0.3 is 0 Å². The van der Waals surface area contributed by atoms with E-state index in [0.29, 0.717) is 0 Å². The van der Waals surface area contributed by atoms with Crippen molar-refractivity contribution >= 4 is 6.21 Å². The van der Waals surface area contributed by atoms with Crippen molar-refractivity contribution in [1.29, 1.82) is 0 Å². The summed E-state index contributed by atoms with van der Waals surface area (Å²) in [6.07, 6.45) is 11.8. The number of aliphatic imine (C=N–C) groups is 1. The highest BCUT2D eigenvalue weighted by Crippen LogP contribution is 2.01. The van der Waals surface area contributed by atoms with Crippen molar-refractivity contribution in [2.24, 2.45) is 4.99 Å². The van der Waals surface area contributed by atoms with Crippen LogP contribution in [-0.2, 0) is 0 Å². The van der Waals surface area contributed by atoms with E-state index in [2.05, 4.69) is 24.6 Å². The molecule has 0 aromatic rings. The van der Waals surface area contributed by atoms with Crippen molar-refractivity contribution in [3.05, 3.63) is 48.1 Å². The summed E-state index contributed by atoms with van der Waals surface area (Å²) < 4.78 is 0. The van der Waals surface area contributed by atoms with E-state index in [-0.39, 0.29) is 0 Å². The van der Waals surface area contributed by atoms with Gasteiger partial charge in [0.15, 0.2) is 0 Å². The molecule has 1 nitrogen and oxygen atoms in total. The minimum atomic E-state index is 0.757. The van der Waals surface area contributed by atoms with Crippen LogP contribution in [0.25, 0.3) is 0 Å². The summed E-state index contributed by atoms with van der Waals surface area (Å²) in [6.45, 7) is 6.68. The lowest BCUT2D eigenvalue weighted by Gasteiger charge is -1.93. The Labute approximate surface area is 73.5 Å². The fourth-order valence-corrected chi connectivity index (χ4v) is 0.847. The van der Waals surface area contributed by atoms with Crippen LogP contribution in [0.4, 0.5) is 0 Å². The molecule has 0 amide bonds. The smallest absolute Gasteiger partial charge is 0.0575 e. The van der Waals surface area contributed by atoms with Crippen molar-refractivity contribution in [3.63, 3.8) is 0 Å². The highest BCUT2D eigenvalue weighted by molar-refractivity contribution is 5.72. The molecule has 62 valence electrons. The van der Waals surface area contributed by atoms with Gasteiger partial charge in [-0.2, -0.15) is 0 Å². The fourth-order valence-electron chi connectivity index (χ4n) is 0.847. The molecule has 1 aliphatic rings. The highest BCUT2D eigenvalue weighted by atomic mass is 14.7. The molecule has 0 fully saturated rings. The van der Waals surface area contributed by atoms with E-state index in [1.807, 2.05) is 24.3 Å². The summed E-state index contributed by atoms with van der Waals surface area (Å²) in [4.78, 5) is 4.15. The molecule has 0 bridgehead atoms. The van der Waals surface area contributed by atoms with Crippen molar-refractivity contribution < 1.29 is 0 Å². The van der Waals surface area contributed by atoms with Crippen LogP contribution in [0, 0.1) is 0 Å². The lowest BCUT2D eigenvalue weighted by Crippen LogP contribution is -1.79. The van der Waals surface area contributed by atoms with Gasteiger partial charge in [0.25, 0.3) is 0 Å². The summed E-state index contributed by atoms with van der Waals surface area (Å²) in [5.41, 5.74) is 2.22. The van der Waals surface area contributed by atoms with E-state index in [0.717, 1.165) is 12.1 Å². The quantitative estimate of drug-likeness (QED) is 0.515. The molecule has 0 saturated carbocycles. The molecule has 1 aliphatic heterocycles. The molecule has 0 unspecified atom stereocenters. The second kappa shape index (κ2) is 4.50. The van der Waals surface area contributed by atoms with Gasteiger partial charge in [0.05, 0.1) is 6.54 Å². The van der Waals surface area contributed by atoms with Gasteiger partial charge in [-0.25, -0.2) is 0 Å². The average Bonchev–Trinajstić information content (AvgIpc) is 2.07. The van der Waals surface area contributed by atoms with Crippen molar-refractivity contribution in [1.82, 2.24) is 0 Å². The molecular weight excluding hydrogens is 146 g/mol. The number of allylic oxidation sites excluding steroid dienone is 6. The minimum absolute atomic E-state index is 0.757. The molecule has 1 rings (SSSR count). The molecule has 0 spiro atoms. The third kappa shape index (κ3) is 3.15. The second-order valence-corrected chi connectivity index (χ2v) is 2.73. The van der Waals surface area contributed by atoms with Crippen LogP contribution in [0.2, 0.25) is 0 Å². The maximum Gasteiger partial charge on any atom is 0.0575 e. The van der Waals surface area contributed by atoms with E-state index in [1.165, 1.54) is 5.57 Å². The average molecular weight is 159 g/mol. The third-order valence-electron chi connectivity index (χ3n) is 1.58. The Kier molecular flexibility index (Phi) is 3.27. The van der Waals surface area contributed by atoms with E-state index in [4.69, 9.17) is 0 Å². The topological polar surface area (TPSA) is 12.4 Å². The fraction of sp³-hybridized carbons (Fsp3) is 0.182. The molecule has 0 aliphatic carbocycles. The molecule has 0 aromatic carbocycles. The van der Waals surface area contributed by atoms with E-state index in [9.17, 15) is 0 Å². The van der Waals surface area contributed by atoms with Gasteiger partial charge in [0.1, 0.15) is 0 Å². The largest absolute Gasteiger partial charge is 0.289 e. The molecule has 1 heteroatoms. The summed E-state index contributed by atoms with van der Waals surface area (Å²) in [6, 6.07) is 0. The Morgan fingerprint density at radius 3 is 3.00 bits per heavy atom. The first-order chi connectivity index (χ1) is 5.79. The molecule has 1 heterocycles. The molecule has 0 atom stereocenters. The summed E-state index contributed by atoms with van der Waals surface area (Å²) in [5.74, 6) is 0. The number of hydrogen-bond acceptors (Lipinski definition) is 1. The Morgan fingerprint density at radius 2 is 2.17 bits per heavy atom. The zero-order valence-corrected chi connectivity index (χ0v) is 7.33. The van der Waals surface area contributed by atoms with Gasteiger partial charge in [-0.15, -0.1) is 0 Å². The lowest BCUT2D eigenvalue weighted by atomic mass is 10.2. The van der Waals surface area contributed by atoms with Crippen LogP contribution in [0.1, 0.15) is 6.92 Å². The predicted octanol–water partition coefficient (Wildman–Crippen LogP) is 2.69. The summed E-state index contributed by atoms with van der Waals surface area (Å²) in [7, 11) is 0. The lowest BCUT2D eigenvalue weighted by molar-refractivity contribution is 1.23. The molecule has 12 heavy (non-hydrogen) atoms. The monoisotopic (exact) mass is 159 g/mol. The third-order valence-corrected chi connectivity index (χ3v) is 1.58. The van der Waals surface area contributed by atoms with Gasteiger partial charge < -0.3 is 0 Å². The van der Waals surface area contributed by atoms with E-state index >= 15 is 0 Å². The first-order valence-electron chi connectivity index (χ1n) is 3.99. The standard InChI is InChI=1S/C11H13N/c1-10-4-3-8-12-9-7-11(2)6-5-10/h3-8H,1,9H2,2H3/b4-3-,6-5?,11-7-,12-8?. The second-order valence-electron chi connectivity index (χ2n) is 2.73.